The maximum absolute atomic E-state index is 11.9. The van der Waals surface area contributed by atoms with Crippen LogP contribution < -0.4 is 0 Å². The fourth-order valence-corrected chi connectivity index (χ4v) is 5.58. The van der Waals surface area contributed by atoms with Crippen LogP contribution in [-0.2, 0) is 9.09 Å². The average Bonchev–Trinajstić information content (AvgIpc) is 2.74. The summed E-state index contributed by atoms with van der Waals surface area (Å²) in [5.41, 5.74) is -0.642. The van der Waals surface area contributed by atoms with Crippen LogP contribution in [0.2, 0.25) is 0 Å². The van der Waals surface area contributed by atoms with E-state index < -0.39 is 13.4 Å². The van der Waals surface area contributed by atoms with Gasteiger partial charge < -0.3 is 9.79 Å². The lowest BCUT2D eigenvalue weighted by Crippen LogP contribution is -2.32. The molecule has 2 N–H and O–H groups in total. The zero-order chi connectivity index (χ0) is 24.0. The van der Waals surface area contributed by atoms with E-state index in [1.54, 1.807) is 0 Å². The van der Waals surface area contributed by atoms with Crippen LogP contribution in [0, 0.1) is 0 Å². The third-order valence-corrected chi connectivity index (χ3v) is 7.40. The molecule has 0 heterocycles. The Kier molecular flexibility index (Phi) is 21.7. The van der Waals surface area contributed by atoms with E-state index in [4.69, 9.17) is 4.52 Å². The van der Waals surface area contributed by atoms with Crippen LogP contribution in [0.25, 0.3) is 0 Å². The molecule has 0 atom stereocenters. The summed E-state index contributed by atoms with van der Waals surface area (Å²) in [6.07, 6.45) is 26.5. The van der Waals surface area contributed by atoms with Gasteiger partial charge in [0.2, 0.25) is 0 Å². The van der Waals surface area contributed by atoms with E-state index in [0.29, 0.717) is 0 Å². The minimum Gasteiger partial charge on any atom is -0.303 e. The van der Waals surface area contributed by atoms with Crippen molar-refractivity contribution in [2.45, 2.75) is 174 Å². The van der Waals surface area contributed by atoms with Gasteiger partial charge in [0.25, 0.3) is 0 Å². The molecule has 0 fully saturated rings. The second kappa shape index (κ2) is 21.6. The van der Waals surface area contributed by atoms with Gasteiger partial charge in [0, 0.05) is 0 Å². The summed E-state index contributed by atoms with van der Waals surface area (Å²) in [6.45, 7) is 6.70. The smallest absolute Gasteiger partial charge is 0.303 e. The highest BCUT2D eigenvalue weighted by Crippen LogP contribution is 2.47. The predicted octanol–water partition coefficient (Wildman–Crippen LogP) is 9.87. The van der Waals surface area contributed by atoms with E-state index in [9.17, 15) is 14.4 Å². The monoisotopic (exact) mass is 476 g/mol. The van der Waals surface area contributed by atoms with Gasteiger partial charge in [0.1, 0.15) is 0 Å². The molecule has 0 saturated heterocycles. The fourth-order valence-electron chi connectivity index (χ4n) is 4.80. The summed E-state index contributed by atoms with van der Waals surface area (Å²) in [7, 11) is -4.49. The molecule has 0 saturated carbocycles. The summed E-state index contributed by atoms with van der Waals surface area (Å²) in [6, 6.07) is 0. The van der Waals surface area contributed by atoms with E-state index in [0.717, 1.165) is 57.8 Å². The molecule has 0 bridgehead atoms. The summed E-state index contributed by atoms with van der Waals surface area (Å²) in [4.78, 5) is 19.4. The second-order valence-electron chi connectivity index (χ2n) is 10.0. The molecule has 0 aromatic heterocycles. The van der Waals surface area contributed by atoms with Gasteiger partial charge in [-0.2, -0.15) is 0 Å². The zero-order valence-electron chi connectivity index (χ0n) is 21.9. The predicted molar refractivity (Wildman–Crippen MR) is 139 cm³/mol. The molecule has 0 aromatic rings. The normalized spacial score (nSPS) is 12.5. The van der Waals surface area contributed by atoms with Crippen molar-refractivity contribution in [3.05, 3.63) is 0 Å². The highest BCUT2D eigenvalue weighted by atomic mass is 31.2. The summed E-state index contributed by atoms with van der Waals surface area (Å²) in [5, 5.41) is 0. The molecule has 0 aliphatic heterocycles. The SMILES string of the molecule is CCCCCCCCCC(CCCCCCCC)(CCCCCCCCC)OP(=O)(O)O. The topological polar surface area (TPSA) is 66.8 Å². The largest absolute Gasteiger partial charge is 0.470 e. The van der Waals surface area contributed by atoms with E-state index in [1.807, 2.05) is 0 Å². The number of unbranched alkanes of at least 4 members (excludes halogenated alkanes) is 17. The van der Waals surface area contributed by atoms with Gasteiger partial charge in [-0.25, -0.2) is 4.57 Å². The number of phosphoric acid groups is 1. The van der Waals surface area contributed by atoms with Crippen molar-refractivity contribution in [2.24, 2.45) is 0 Å². The molecule has 0 aromatic carbocycles. The minimum atomic E-state index is -4.49. The van der Waals surface area contributed by atoms with Crippen LogP contribution in [0.15, 0.2) is 0 Å². The molecule has 194 valence electrons. The number of hydrogen-bond acceptors (Lipinski definition) is 2. The van der Waals surface area contributed by atoms with Crippen molar-refractivity contribution in [1.82, 2.24) is 0 Å². The van der Waals surface area contributed by atoms with Crippen LogP contribution in [0.4, 0.5) is 0 Å². The minimum absolute atomic E-state index is 0.642. The van der Waals surface area contributed by atoms with Crippen LogP contribution >= 0.6 is 7.82 Å². The summed E-state index contributed by atoms with van der Waals surface area (Å²) < 4.78 is 17.5. The van der Waals surface area contributed by atoms with Crippen LogP contribution in [0.3, 0.4) is 0 Å². The maximum Gasteiger partial charge on any atom is 0.470 e. The van der Waals surface area contributed by atoms with E-state index >= 15 is 0 Å². The fraction of sp³-hybridized carbons (Fsp3) is 1.00. The lowest BCUT2D eigenvalue weighted by atomic mass is 9.85. The Labute approximate surface area is 200 Å². The molecule has 0 rings (SSSR count). The first-order chi connectivity index (χ1) is 15.4. The van der Waals surface area contributed by atoms with Crippen molar-refractivity contribution in [1.29, 1.82) is 0 Å². The van der Waals surface area contributed by atoms with Gasteiger partial charge >= 0.3 is 7.82 Å². The third kappa shape index (κ3) is 20.7. The standard InChI is InChI=1S/C27H57O4P/c1-4-7-10-13-16-19-22-25-27(31-32(28,29)30,24-21-18-15-12-9-6-3)26-23-20-17-14-11-8-5-2/h4-26H2,1-3H3,(H2,28,29,30). The Morgan fingerprint density at radius 3 is 1.00 bits per heavy atom. The molecule has 0 aliphatic rings. The molecule has 0 unspecified atom stereocenters. The molecule has 32 heavy (non-hydrogen) atoms. The van der Waals surface area contributed by atoms with E-state index in [-0.39, 0.29) is 0 Å². The van der Waals surface area contributed by atoms with Crippen LogP contribution in [-0.4, -0.2) is 15.4 Å². The molecule has 0 amide bonds. The molecule has 0 spiro atoms. The maximum atomic E-state index is 11.9. The van der Waals surface area contributed by atoms with Gasteiger partial charge in [-0.1, -0.05) is 149 Å². The van der Waals surface area contributed by atoms with Gasteiger partial charge in [0.15, 0.2) is 0 Å². The summed E-state index contributed by atoms with van der Waals surface area (Å²) >= 11 is 0. The van der Waals surface area contributed by atoms with E-state index in [1.165, 1.54) is 89.9 Å². The van der Waals surface area contributed by atoms with E-state index in [2.05, 4.69) is 20.8 Å². The van der Waals surface area contributed by atoms with Gasteiger partial charge in [-0.3, -0.25) is 4.52 Å². The van der Waals surface area contributed by atoms with Crippen molar-refractivity contribution < 1.29 is 18.9 Å². The first kappa shape index (κ1) is 32.1. The molecular weight excluding hydrogens is 419 g/mol. The molecular formula is C27H57O4P. The summed E-state index contributed by atoms with van der Waals surface area (Å²) in [5.74, 6) is 0. The van der Waals surface area contributed by atoms with Gasteiger partial charge in [-0.05, 0) is 19.3 Å². The Balaban J connectivity index is 4.75. The van der Waals surface area contributed by atoms with Crippen molar-refractivity contribution in [2.75, 3.05) is 0 Å². The molecule has 0 radical (unpaired) electrons. The van der Waals surface area contributed by atoms with Crippen molar-refractivity contribution >= 4 is 7.82 Å². The average molecular weight is 477 g/mol. The molecule has 5 heteroatoms. The lowest BCUT2D eigenvalue weighted by molar-refractivity contribution is 0.00534. The number of phosphoric ester groups is 1. The molecule has 4 nitrogen and oxygen atoms in total. The third-order valence-electron chi connectivity index (χ3n) is 6.77. The zero-order valence-corrected chi connectivity index (χ0v) is 22.8. The second-order valence-corrected chi connectivity index (χ2v) is 11.2. The first-order valence-corrected chi connectivity index (χ1v) is 15.7. The first-order valence-electron chi connectivity index (χ1n) is 14.2. The Hall–Kier alpha value is 0.110. The van der Waals surface area contributed by atoms with Crippen molar-refractivity contribution in [3.63, 3.8) is 0 Å². The van der Waals surface area contributed by atoms with Crippen molar-refractivity contribution in [3.8, 4) is 0 Å². The highest BCUT2D eigenvalue weighted by Gasteiger charge is 2.36. The quantitative estimate of drug-likeness (QED) is 0.102. The Morgan fingerprint density at radius 2 is 0.750 bits per heavy atom. The lowest BCUT2D eigenvalue weighted by Gasteiger charge is -2.34. The van der Waals surface area contributed by atoms with Gasteiger partial charge in [-0.15, -0.1) is 0 Å². The van der Waals surface area contributed by atoms with Crippen LogP contribution in [0.1, 0.15) is 168 Å². The Morgan fingerprint density at radius 1 is 0.500 bits per heavy atom. The Bertz CT molecular complexity index is 417. The van der Waals surface area contributed by atoms with Crippen LogP contribution in [0.5, 0.6) is 0 Å². The number of rotatable bonds is 25. The highest BCUT2D eigenvalue weighted by molar-refractivity contribution is 7.46. The molecule has 0 aliphatic carbocycles. The number of hydrogen-bond donors (Lipinski definition) is 2. The van der Waals surface area contributed by atoms with Gasteiger partial charge in [0.05, 0.1) is 5.60 Å².